The molecule has 1 saturated heterocycles. The summed E-state index contributed by atoms with van der Waals surface area (Å²) in [5, 5.41) is 19.5. The quantitative estimate of drug-likeness (QED) is 0.173. The van der Waals surface area contributed by atoms with Gasteiger partial charge in [0, 0.05) is 12.5 Å². The van der Waals surface area contributed by atoms with Gasteiger partial charge >= 0.3 is 12.1 Å². The molecule has 0 spiro atoms. The lowest BCUT2D eigenvalue weighted by molar-refractivity contribution is -0.144. The number of carbonyl (C=O) groups is 7. The standard InChI is InChI=1S/C37H47N5O9/c1-3-13-27(32(44)34(46)38-21-29(43)40-31(36(48)49)25-18-11-6-12-19-25)39-33(45)28-20-26(23-14-7-4-8-15-23)22-42(28)35(47)30(41-37(50)51-2)24-16-9-5-10-17-24/h4,6-8,11-12,14-15,18-19,24,26-28,30-31H,3,5,9-10,13,16-17,20-22H2,1-2H3,(H,38,46)(H,39,45)(H,40,43)(H,41,50)(H,48,49)/t26-,27?,28+,30+,31+/m1/s1. The van der Waals surface area contributed by atoms with E-state index in [0.29, 0.717) is 12.0 Å². The van der Waals surface area contributed by atoms with E-state index in [2.05, 4.69) is 21.3 Å². The number of alkyl carbamates (subject to hydrolysis) is 1. The number of methoxy groups -OCH3 is 1. The Labute approximate surface area is 297 Å². The van der Waals surface area contributed by atoms with E-state index in [4.69, 9.17) is 4.74 Å². The first kappa shape index (κ1) is 38.5. The minimum atomic E-state index is -1.37. The van der Waals surface area contributed by atoms with Crippen LogP contribution < -0.4 is 21.3 Å². The molecule has 2 aromatic carbocycles. The number of hydrogen-bond acceptors (Lipinski definition) is 8. The molecule has 1 saturated carbocycles. The second kappa shape index (κ2) is 18.6. The zero-order chi connectivity index (χ0) is 36.9. The van der Waals surface area contributed by atoms with Gasteiger partial charge in [0.25, 0.3) is 5.91 Å². The predicted octanol–water partition coefficient (Wildman–Crippen LogP) is 2.59. The van der Waals surface area contributed by atoms with Crippen LogP contribution in [0.1, 0.15) is 81.4 Å². The first-order valence-corrected chi connectivity index (χ1v) is 17.4. The number of hydrogen-bond donors (Lipinski definition) is 5. The van der Waals surface area contributed by atoms with Gasteiger partial charge in [0.05, 0.1) is 19.7 Å². The number of aliphatic carboxylic acids is 1. The Morgan fingerprint density at radius 1 is 0.882 bits per heavy atom. The fourth-order valence-corrected chi connectivity index (χ4v) is 6.88. The summed E-state index contributed by atoms with van der Waals surface area (Å²) in [5.74, 6) is -5.63. The molecule has 14 nitrogen and oxygen atoms in total. The number of Topliss-reactive ketones (excluding diaryl/α,β-unsaturated/α-hetero) is 1. The third-order valence-corrected chi connectivity index (χ3v) is 9.53. The van der Waals surface area contributed by atoms with Crippen molar-refractivity contribution in [1.29, 1.82) is 0 Å². The Balaban J connectivity index is 1.47. The lowest BCUT2D eigenvalue weighted by Gasteiger charge is -2.34. The largest absolute Gasteiger partial charge is 0.479 e. The third-order valence-electron chi connectivity index (χ3n) is 9.53. The summed E-state index contributed by atoms with van der Waals surface area (Å²) < 4.78 is 4.83. The molecule has 0 aromatic heterocycles. The number of carbonyl (C=O) groups excluding carboxylic acids is 6. The van der Waals surface area contributed by atoms with E-state index in [1.807, 2.05) is 30.3 Å². The number of carboxylic acid groups (broad SMARTS) is 1. The molecule has 4 rings (SSSR count). The number of carboxylic acids is 1. The highest BCUT2D eigenvalue weighted by Gasteiger charge is 2.45. The summed E-state index contributed by atoms with van der Waals surface area (Å²) >= 11 is 0. The molecule has 2 aliphatic rings. The fraction of sp³-hybridized carbons (Fsp3) is 0.486. The summed E-state index contributed by atoms with van der Waals surface area (Å²) in [5.41, 5.74) is 1.25. The number of nitrogens with one attached hydrogen (secondary N) is 4. The highest BCUT2D eigenvalue weighted by Crippen LogP contribution is 2.35. The maximum Gasteiger partial charge on any atom is 0.407 e. The van der Waals surface area contributed by atoms with E-state index >= 15 is 0 Å². The van der Waals surface area contributed by atoms with Crippen LogP contribution in [-0.2, 0) is 33.5 Å². The average Bonchev–Trinajstić information content (AvgIpc) is 3.61. The summed E-state index contributed by atoms with van der Waals surface area (Å²) in [4.78, 5) is 92.7. The highest BCUT2D eigenvalue weighted by molar-refractivity contribution is 6.38. The first-order valence-electron chi connectivity index (χ1n) is 17.4. The number of likely N-dealkylation sites (tertiary alicyclic amines) is 1. The van der Waals surface area contributed by atoms with Gasteiger partial charge in [-0.2, -0.15) is 0 Å². The minimum absolute atomic E-state index is 0.108. The lowest BCUT2D eigenvalue weighted by atomic mass is 9.83. The van der Waals surface area contributed by atoms with Crippen LogP contribution in [0.25, 0.3) is 0 Å². The van der Waals surface area contributed by atoms with E-state index in [1.165, 1.54) is 24.1 Å². The molecule has 1 heterocycles. The van der Waals surface area contributed by atoms with Gasteiger partial charge in [-0.3, -0.25) is 24.0 Å². The van der Waals surface area contributed by atoms with Crippen molar-refractivity contribution in [3.8, 4) is 0 Å². The molecule has 1 aliphatic carbocycles. The van der Waals surface area contributed by atoms with Gasteiger partial charge in [-0.05, 0) is 42.7 Å². The zero-order valence-electron chi connectivity index (χ0n) is 29.0. The average molecular weight is 706 g/mol. The number of ketones is 1. The Hall–Kier alpha value is -5.27. The van der Waals surface area contributed by atoms with Crippen LogP contribution in [0.3, 0.4) is 0 Å². The van der Waals surface area contributed by atoms with Gasteiger partial charge in [0.1, 0.15) is 12.1 Å². The highest BCUT2D eigenvalue weighted by atomic mass is 16.5. The number of amides is 5. The summed E-state index contributed by atoms with van der Waals surface area (Å²) in [6, 6.07) is 12.9. The molecular formula is C37H47N5O9. The molecule has 274 valence electrons. The molecular weight excluding hydrogens is 658 g/mol. The number of ether oxygens (including phenoxy) is 1. The summed E-state index contributed by atoms with van der Waals surface area (Å²) in [7, 11) is 1.22. The van der Waals surface area contributed by atoms with Crippen LogP contribution in [0, 0.1) is 5.92 Å². The van der Waals surface area contributed by atoms with Gasteiger partial charge in [0.15, 0.2) is 6.04 Å². The van der Waals surface area contributed by atoms with Crippen molar-refractivity contribution >= 4 is 41.5 Å². The SMILES string of the molecule is CCCC(NC(=O)[C@@H]1C[C@@H](c2ccccc2)CN1C(=O)[C@@H](NC(=O)OC)C1CCCCC1)C(=O)C(=O)NCC(=O)N[C@H](C(=O)O)c1ccccc1. The molecule has 1 aliphatic heterocycles. The summed E-state index contributed by atoms with van der Waals surface area (Å²) in [6.45, 7) is 1.31. The van der Waals surface area contributed by atoms with Gasteiger partial charge in [-0.25, -0.2) is 9.59 Å². The maximum absolute atomic E-state index is 14.3. The molecule has 51 heavy (non-hydrogen) atoms. The van der Waals surface area contributed by atoms with Crippen molar-refractivity contribution in [2.24, 2.45) is 5.92 Å². The number of benzene rings is 2. The van der Waals surface area contributed by atoms with Gasteiger partial charge in [-0.1, -0.05) is 93.3 Å². The van der Waals surface area contributed by atoms with E-state index in [0.717, 1.165) is 37.7 Å². The minimum Gasteiger partial charge on any atom is -0.479 e. The van der Waals surface area contributed by atoms with E-state index in [9.17, 15) is 38.7 Å². The van der Waals surface area contributed by atoms with Gasteiger partial charge < -0.3 is 36.0 Å². The molecule has 5 N–H and O–H groups in total. The van der Waals surface area contributed by atoms with Gasteiger partial charge in [-0.15, -0.1) is 0 Å². The Morgan fingerprint density at radius 3 is 2.14 bits per heavy atom. The second-order valence-corrected chi connectivity index (χ2v) is 13.0. The Bertz CT molecular complexity index is 1550. The first-order chi connectivity index (χ1) is 24.5. The fourth-order valence-electron chi connectivity index (χ4n) is 6.88. The molecule has 0 bridgehead atoms. The molecule has 5 amide bonds. The molecule has 2 fully saturated rings. The van der Waals surface area contributed by atoms with Crippen LogP contribution in [-0.4, -0.2) is 89.8 Å². The molecule has 5 atom stereocenters. The Morgan fingerprint density at radius 2 is 1.53 bits per heavy atom. The normalized spacial score (nSPS) is 19.1. The number of nitrogens with zero attached hydrogens (tertiary/aromatic N) is 1. The van der Waals surface area contributed by atoms with E-state index in [1.54, 1.807) is 25.1 Å². The van der Waals surface area contributed by atoms with Crippen LogP contribution in [0.4, 0.5) is 4.79 Å². The number of rotatable bonds is 15. The topological polar surface area (TPSA) is 200 Å². The third kappa shape index (κ3) is 10.4. The van der Waals surface area contributed by atoms with Crippen LogP contribution >= 0.6 is 0 Å². The lowest BCUT2D eigenvalue weighted by Crippen LogP contribution is -2.58. The zero-order valence-corrected chi connectivity index (χ0v) is 29.0. The van der Waals surface area contributed by atoms with Crippen molar-refractivity contribution in [3.05, 3.63) is 71.8 Å². The summed E-state index contributed by atoms with van der Waals surface area (Å²) in [6.07, 6.45) is 4.35. The second-order valence-electron chi connectivity index (χ2n) is 13.0. The van der Waals surface area contributed by atoms with Gasteiger partial charge in [0.2, 0.25) is 23.5 Å². The van der Waals surface area contributed by atoms with Crippen LogP contribution in [0.15, 0.2) is 60.7 Å². The predicted molar refractivity (Wildman–Crippen MR) is 185 cm³/mol. The molecule has 2 aromatic rings. The van der Waals surface area contributed by atoms with E-state index in [-0.39, 0.29) is 31.2 Å². The smallest absolute Gasteiger partial charge is 0.407 e. The van der Waals surface area contributed by atoms with Crippen molar-refractivity contribution in [2.75, 3.05) is 20.2 Å². The van der Waals surface area contributed by atoms with Crippen molar-refractivity contribution < 1.29 is 43.4 Å². The van der Waals surface area contributed by atoms with Crippen LogP contribution in [0.5, 0.6) is 0 Å². The molecule has 14 heteroatoms. The van der Waals surface area contributed by atoms with E-state index < -0.39 is 72.2 Å². The molecule has 0 radical (unpaired) electrons. The monoisotopic (exact) mass is 705 g/mol. The van der Waals surface area contributed by atoms with Crippen molar-refractivity contribution in [3.63, 3.8) is 0 Å². The molecule has 1 unspecified atom stereocenters. The maximum atomic E-state index is 14.3. The van der Waals surface area contributed by atoms with Crippen molar-refractivity contribution in [2.45, 2.75) is 88.4 Å². The van der Waals surface area contributed by atoms with Crippen molar-refractivity contribution in [1.82, 2.24) is 26.2 Å². The Kier molecular flexibility index (Phi) is 14.1. The van der Waals surface area contributed by atoms with Crippen LogP contribution in [0.2, 0.25) is 0 Å².